The molecule has 0 aliphatic carbocycles. The zero-order chi connectivity index (χ0) is 15.0. The molecule has 20 heavy (non-hydrogen) atoms. The van der Waals surface area contributed by atoms with E-state index in [-0.39, 0.29) is 29.9 Å². The molecule has 0 atom stereocenters. The number of esters is 1. The molecule has 0 aliphatic heterocycles. The molecule has 1 aromatic rings. The van der Waals surface area contributed by atoms with Gasteiger partial charge in [-0.15, -0.1) is 0 Å². The number of amides is 2. The molecule has 1 aromatic heterocycles. The van der Waals surface area contributed by atoms with Crippen LogP contribution in [0.15, 0.2) is 18.3 Å². The lowest BCUT2D eigenvalue weighted by atomic mass is 10.3. The Morgan fingerprint density at radius 2 is 2.05 bits per heavy atom. The molecule has 0 unspecified atom stereocenters. The Morgan fingerprint density at radius 1 is 1.30 bits per heavy atom. The summed E-state index contributed by atoms with van der Waals surface area (Å²) >= 11 is 4.94. The van der Waals surface area contributed by atoms with Gasteiger partial charge in [0, 0.05) is 6.20 Å². The van der Waals surface area contributed by atoms with Crippen molar-refractivity contribution in [2.24, 2.45) is 0 Å². The van der Waals surface area contributed by atoms with Crippen molar-refractivity contribution >= 4 is 30.0 Å². The normalized spacial score (nSPS) is 9.65. The third-order valence-corrected chi connectivity index (χ3v) is 2.55. The molecule has 8 heteroatoms. The van der Waals surface area contributed by atoms with E-state index in [1.54, 1.807) is 25.3 Å². The Kier molecular flexibility index (Phi) is 6.38. The third-order valence-electron chi connectivity index (χ3n) is 2.21. The number of carbonyl (C=O) groups is 3. The predicted octanol–water partition coefficient (Wildman–Crippen LogP) is 0.153. The van der Waals surface area contributed by atoms with Gasteiger partial charge in [-0.25, -0.2) is 0 Å². The van der Waals surface area contributed by atoms with E-state index in [4.69, 9.17) is 12.2 Å². The van der Waals surface area contributed by atoms with Crippen LogP contribution in [-0.4, -0.2) is 42.5 Å². The average Bonchev–Trinajstić information content (AvgIpc) is 2.43. The largest absolute Gasteiger partial charge is 0.465 e. The summed E-state index contributed by atoms with van der Waals surface area (Å²) in [6.45, 7) is 1.44. The maximum absolute atomic E-state index is 11.7. The lowest BCUT2D eigenvalue weighted by molar-refractivity contribution is -0.143. The number of rotatable bonds is 6. The van der Waals surface area contributed by atoms with Gasteiger partial charge < -0.3 is 20.4 Å². The first-order chi connectivity index (χ1) is 9.54. The zero-order valence-electron chi connectivity index (χ0n) is 10.9. The number of hydrogen-bond acceptors (Lipinski definition) is 5. The SMILES string of the molecule is CCOC(=O)CNC(=O)CNC(=O)c1ccc[nH]c1=S. The number of aromatic amines is 1. The Bertz CT molecular complexity index is 556. The van der Waals surface area contributed by atoms with E-state index in [9.17, 15) is 14.4 Å². The lowest BCUT2D eigenvalue weighted by Gasteiger charge is -2.06. The van der Waals surface area contributed by atoms with E-state index in [1.807, 2.05) is 0 Å². The third kappa shape index (κ3) is 5.19. The summed E-state index contributed by atoms with van der Waals surface area (Å²) in [7, 11) is 0. The van der Waals surface area contributed by atoms with Gasteiger partial charge in [-0.2, -0.15) is 0 Å². The summed E-state index contributed by atoms with van der Waals surface area (Å²) < 4.78 is 4.93. The molecule has 2 amide bonds. The maximum atomic E-state index is 11.7. The van der Waals surface area contributed by atoms with Gasteiger partial charge in [0.2, 0.25) is 5.91 Å². The predicted molar refractivity (Wildman–Crippen MR) is 73.6 cm³/mol. The standard InChI is InChI=1S/C12H15N3O4S/c1-2-19-10(17)7-14-9(16)6-15-11(18)8-4-3-5-13-12(8)20/h3-5H,2,6-7H2,1H3,(H,13,20)(H,14,16)(H,15,18). The van der Waals surface area contributed by atoms with Crippen LogP contribution in [0.5, 0.6) is 0 Å². The van der Waals surface area contributed by atoms with Gasteiger partial charge in [0.05, 0.1) is 18.7 Å². The van der Waals surface area contributed by atoms with Crippen molar-refractivity contribution in [2.45, 2.75) is 6.92 Å². The smallest absolute Gasteiger partial charge is 0.325 e. The summed E-state index contributed by atoms with van der Waals surface area (Å²) in [6.07, 6.45) is 1.60. The number of ether oxygens (including phenoxy) is 1. The van der Waals surface area contributed by atoms with E-state index >= 15 is 0 Å². The molecule has 0 aliphatic rings. The van der Waals surface area contributed by atoms with Crippen molar-refractivity contribution in [2.75, 3.05) is 19.7 Å². The molecule has 1 rings (SSSR count). The number of hydrogen-bond donors (Lipinski definition) is 3. The molecule has 0 radical (unpaired) electrons. The number of aromatic nitrogens is 1. The van der Waals surface area contributed by atoms with Crippen LogP contribution < -0.4 is 10.6 Å². The second kappa shape index (κ2) is 8.05. The monoisotopic (exact) mass is 297 g/mol. The minimum Gasteiger partial charge on any atom is -0.465 e. The molecule has 0 saturated heterocycles. The first-order valence-corrected chi connectivity index (χ1v) is 6.33. The van der Waals surface area contributed by atoms with E-state index in [1.165, 1.54) is 0 Å². The topological polar surface area (TPSA) is 100 Å². The Labute approximate surface area is 120 Å². The summed E-state index contributed by atoms with van der Waals surface area (Å²) in [5.41, 5.74) is 0.278. The highest BCUT2D eigenvalue weighted by Gasteiger charge is 2.10. The molecule has 1 heterocycles. The molecule has 0 bridgehead atoms. The van der Waals surface area contributed by atoms with Crippen LogP contribution in [0.1, 0.15) is 17.3 Å². The fourth-order valence-electron chi connectivity index (χ4n) is 1.30. The van der Waals surface area contributed by atoms with Gasteiger partial charge in [-0.1, -0.05) is 12.2 Å². The molecular formula is C12H15N3O4S. The second-order valence-corrected chi connectivity index (χ2v) is 4.09. The highest BCUT2D eigenvalue weighted by atomic mass is 32.1. The highest BCUT2D eigenvalue weighted by molar-refractivity contribution is 7.71. The highest BCUT2D eigenvalue weighted by Crippen LogP contribution is 1.98. The average molecular weight is 297 g/mol. The van der Waals surface area contributed by atoms with Crippen molar-refractivity contribution in [3.05, 3.63) is 28.5 Å². The quantitative estimate of drug-likeness (QED) is 0.513. The van der Waals surface area contributed by atoms with Crippen LogP contribution in [0, 0.1) is 4.64 Å². The number of H-pyrrole nitrogens is 1. The Hall–Kier alpha value is -2.22. The van der Waals surface area contributed by atoms with Crippen LogP contribution in [-0.2, 0) is 14.3 Å². The van der Waals surface area contributed by atoms with Gasteiger partial charge in [0.15, 0.2) is 0 Å². The van der Waals surface area contributed by atoms with Crippen molar-refractivity contribution in [3.8, 4) is 0 Å². The number of nitrogens with one attached hydrogen (secondary N) is 3. The van der Waals surface area contributed by atoms with Crippen LogP contribution >= 0.6 is 12.2 Å². The number of carbonyl (C=O) groups excluding carboxylic acids is 3. The maximum Gasteiger partial charge on any atom is 0.325 e. The van der Waals surface area contributed by atoms with E-state index < -0.39 is 17.8 Å². The molecule has 0 aromatic carbocycles. The molecule has 108 valence electrons. The summed E-state index contributed by atoms with van der Waals surface area (Å²) in [5, 5.41) is 4.73. The number of pyridine rings is 1. The molecule has 7 nitrogen and oxygen atoms in total. The van der Waals surface area contributed by atoms with E-state index in [2.05, 4.69) is 20.4 Å². The second-order valence-electron chi connectivity index (χ2n) is 3.68. The van der Waals surface area contributed by atoms with Gasteiger partial charge in [0.25, 0.3) is 5.91 Å². The molecule has 0 spiro atoms. The fraction of sp³-hybridized carbons (Fsp3) is 0.333. The van der Waals surface area contributed by atoms with Gasteiger partial charge in [-0.05, 0) is 19.1 Å². The van der Waals surface area contributed by atoms with E-state index in [0.717, 1.165) is 0 Å². The summed E-state index contributed by atoms with van der Waals surface area (Å²) in [5.74, 6) is -1.48. The first kappa shape index (κ1) is 15.8. The fourth-order valence-corrected chi connectivity index (χ4v) is 1.53. The molecular weight excluding hydrogens is 282 g/mol. The molecule has 3 N–H and O–H groups in total. The Balaban J connectivity index is 2.38. The molecule has 0 saturated carbocycles. The lowest BCUT2D eigenvalue weighted by Crippen LogP contribution is -2.39. The van der Waals surface area contributed by atoms with Gasteiger partial charge in [0.1, 0.15) is 11.2 Å². The molecule has 0 fully saturated rings. The van der Waals surface area contributed by atoms with Crippen molar-refractivity contribution < 1.29 is 19.1 Å². The minimum atomic E-state index is -0.530. The van der Waals surface area contributed by atoms with Crippen LogP contribution in [0.4, 0.5) is 0 Å². The van der Waals surface area contributed by atoms with E-state index in [0.29, 0.717) is 0 Å². The minimum absolute atomic E-state index is 0.228. The van der Waals surface area contributed by atoms with Crippen molar-refractivity contribution in [1.82, 2.24) is 15.6 Å². The van der Waals surface area contributed by atoms with Crippen LogP contribution in [0.3, 0.4) is 0 Å². The van der Waals surface area contributed by atoms with Crippen LogP contribution in [0.25, 0.3) is 0 Å². The Morgan fingerprint density at radius 3 is 2.70 bits per heavy atom. The summed E-state index contributed by atoms with van der Waals surface area (Å²) in [6, 6.07) is 3.18. The zero-order valence-corrected chi connectivity index (χ0v) is 11.7. The van der Waals surface area contributed by atoms with Crippen LogP contribution in [0.2, 0.25) is 0 Å². The first-order valence-electron chi connectivity index (χ1n) is 5.92. The van der Waals surface area contributed by atoms with Gasteiger partial charge >= 0.3 is 5.97 Å². The van der Waals surface area contributed by atoms with Crippen molar-refractivity contribution in [3.63, 3.8) is 0 Å². The summed E-state index contributed by atoms with van der Waals surface area (Å²) in [4.78, 5) is 36.9. The van der Waals surface area contributed by atoms with Gasteiger partial charge in [-0.3, -0.25) is 14.4 Å². The van der Waals surface area contributed by atoms with Crippen molar-refractivity contribution in [1.29, 1.82) is 0 Å².